The molecule has 8 heteroatoms. The van der Waals surface area contributed by atoms with Crippen LogP contribution in [0.25, 0.3) is 0 Å². The molecule has 1 aliphatic heterocycles. The lowest BCUT2D eigenvalue weighted by Gasteiger charge is -2.16. The van der Waals surface area contributed by atoms with Crippen molar-refractivity contribution in [1.82, 2.24) is 5.32 Å². The van der Waals surface area contributed by atoms with Crippen LogP contribution in [-0.2, 0) is 21.2 Å². The first-order valence-corrected chi connectivity index (χ1v) is 8.99. The average molecular weight is 343 g/mol. The van der Waals surface area contributed by atoms with Crippen LogP contribution in [0.2, 0.25) is 0 Å². The van der Waals surface area contributed by atoms with Gasteiger partial charge in [0, 0.05) is 12.1 Å². The number of carbonyl (C=O) groups is 1. The maximum Gasteiger partial charge on any atom is 0.224 e. The Balaban J connectivity index is 2.12. The molecule has 2 rings (SSSR count). The number of methoxy groups -OCH3 is 3. The average Bonchev–Trinajstić information content (AvgIpc) is 2.91. The number of amides is 1. The first-order chi connectivity index (χ1) is 10.9. The fourth-order valence-corrected chi connectivity index (χ4v) is 4.32. The summed E-state index contributed by atoms with van der Waals surface area (Å²) in [5.74, 6) is 0.855. The van der Waals surface area contributed by atoms with Crippen LogP contribution in [0.15, 0.2) is 12.1 Å². The number of rotatable bonds is 6. The van der Waals surface area contributed by atoms with Gasteiger partial charge in [0.1, 0.15) is 17.2 Å². The monoisotopic (exact) mass is 343 g/mol. The van der Waals surface area contributed by atoms with Crippen molar-refractivity contribution in [3.63, 3.8) is 0 Å². The zero-order chi connectivity index (χ0) is 17.0. The Labute approximate surface area is 135 Å². The minimum absolute atomic E-state index is 0.0697. The SMILES string of the molecule is COc1cc(OC)c(CNC(=O)C2CCS(=O)(=O)C2)c(OC)c1. The molecule has 1 aromatic carbocycles. The van der Waals surface area contributed by atoms with E-state index in [0.717, 1.165) is 0 Å². The Morgan fingerprint density at radius 3 is 2.22 bits per heavy atom. The van der Waals surface area contributed by atoms with Crippen molar-refractivity contribution in [3.05, 3.63) is 17.7 Å². The Morgan fingerprint density at radius 1 is 1.17 bits per heavy atom. The van der Waals surface area contributed by atoms with E-state index in [4.69, 9.17) is 14.2 Å². The normalized spacial score (nSPS) is 19.2. The minimum Gasteiger partial charge on any atom is -0.496 e. The molecule has 1 saturated heterocycles. The lowest BCUT2D eigenvalue weighted by atomic mass is 10.1. The van der Waals surface area contributed by atoms with Gasteiger partial charge in [-0.05, 0) is 6.42 Å². The highest BCUT2D eigenvalue weighted by atomic mass is 32.2. The summed E-state index contributed by atoms with van der Waals surface area (Å²) >= 11 is 0. The lowest BCUT2D eigenvalue weighted by molar-refractivity contribution is -0.124. The van der Waals surface area contributed by atoms with Crippen LogP contribution >= 0.6 is 0 Å². The summed E-state index contributed by atoms with van der Waals surface area (Å²) in [7, 11) is 1.49. The molecule has 0 aromatic heterocycles. The zero-order valence-electron chi connectivity index (χ0n) is 13.4. The van der Waals surface area contributed by atoms with Gasteiger partial charge in [0.25, 0.3) is 0 Å². The molecular weight excluding hydrogens is 322 g/mol. The number of hydrogen-bond acceptors (Lipinski definition) is 6. The molecule has 1 aromatic rings. The van der Waals surface area contributed by atoms with Gasteiger partial charge in [0.15, 0.2) is 9.84 Å². The molecule has 0 spiro atoms. The van der Waals surface area contributed by atoms with Crippen molar-refractivity contribution in [2.45, 2.75) is 13.0 Å². The van der Waals surface area contributed by atoms with Crippen molar-refractivity contribution in [1.29, 1.82) is 0 Å². The Kier molecular flexibility index (Phi) is 5.35. The van der Waals surface area contributed by atoms with Crippen LogP contribution in [0.5, 0.6) is 17.2 Å². The summed E-state index contributed by atoms with van der Waals surface area (Å²) < 4.78 is 38.7. The first-order valence-electron chi connectivity index (χ1n) is 7.17. The Morgan fingerprint density at radius 2 is 1.78 bits per heavy atom. The highest BCUT2D eigenvalue weighted by molar-refractivity contribution is 7.91. The van der Waals surface area contributed by atoms with Gasteiger partial charge in [-0.3, -0.25) is 4.79 Å². The number of nitrogens with one attached hydrogen (secondary N) is 1. The maximum absolute atomic E-state index is 12.1. The molecule has 1 amide bonds. The van der Waals surface area contributed by atoms with Crippen LogP contribution < -0.4 is 19.5 Å². The van der Waals surface area contributed by atoms with E-state index in [1.54, 1.807) is 12.1 Å². The molecule has 1 atom stereocenters. The van der Waals surface area contributed by atoms with Crippen LogP contribution in [-0.4, -0.2) is 47.2 Å². The molecule has 1 unspecified atom stereocenters. The van der Waals surface area contributed by atoms with E-state index >= 15 is 0 Å². The Hall–Kier alpha value is -1.96. The molecule has 1 fully saturated rings. The van der Waals surface area contributed by atoms with Gasteiger partial charge in [-0.15, -0.1) is 0 Å². The second-order valence-electron chi connectivity index (χ2n) is 5.33. The molecule has 0 radical (unpaired) electrons. The molecule has 1 N–H and O–H groups in total. The van der Waals surface area contributed by atoms with E-state index in [1.165, 1.54) is 21.3 Å². The summed E-state index contributed by atoms with van der Waals surface area (Å²) in [6, 6.07) is 3.40. The summed E-state index contributed by atoms with van der Waals surface area (Å²) in [6.45, 7) is 0.186. The van der Waals surface area contributed by atoms with E-state index in [1.807, 2.05) is 0 Å². The topological polar surface area (TPSA) is 90.9 Å². The van der Waals surface area contributed by atoms with E-state index in [2.05, 4.69) is 5.32 Å². The highest BCUT2D eigenvalue weighted by Crippen LogP contribution is 2.34. The van der Waals surface area contributed by atoms with Crippen molar-refractivity contribution in [3.8, 4) is 17.2 Å². The molecule has 7 nitrogen and oxygen atoms in total. The first kappa shape index (κ1) is 17.4. The van der Waals surface area contributed by atoms with Crippen LogP contribution in [0, 0.1) is 5.92 Å². The lowest BCUT2D eigenvalue weighted by Crippen LogP contribution is -2.31. The Bertz CT molecular complexity index is 660. The second kappa shape index (κ2) is 7.08. The molecule has 23 heavy (non-hydrogen) atoms. The number of hydrogen-bond donors (Lipinski definition) is 1. The van der Waals surface area contributed by atoms with Gasteiger partial charge in [-0.25, -0.2) is 8.42 Å². The quantitative estimate of drug-likeness (QED) is 0.820. The molecule has 0 bridgehead atoms. The van der Waals surface area contributed by atoms with Gasteiger partial charge in [-0.1, -0.05) is 0 Å². The van der Waals surface area contributed by atoms with Gasteiger partial charge < -0.3 is 19.5 Å². The summed E-state index contributed by atoms with van der Waals surface area (Å²) in [5.41, 5.74) is 0.671. The number of benzene rings is 1. The third kappa shape index (κ3) is 4.07. The van der Waals surface area contributed by atoms with Crippen molar-refractivity contribution in [2.75, 3.05) is 32.8 Å². The second-order valence-corrected chi connectivity index (χ2v) is 7.56. The fourth-order valence-electron chi connectivity index (χ4n) is 2.57. The van der Waals surface area contributed by atoms with Gasteiger partial charge >= 0.3 is 0 Å². The largest absolute Gasteiger partial charge is 0.496 e. The van der Waals surface area contributed by atoms with E-state index in [9.17, 15) is 13.2 Å². The number of sulfone groups is 1. The number of carbonyl (C=O) groups excluding carboxylic acids is 1. The predicted octanol–water partition coefficient (Wildman–Crippen LogP) is 0.763. The van der Waals surface area contributed by atoms with Gasteiger partial charge in [-0.2, -0.15) is 0 Å². The van der Waals surface area contributed by atoms with Crippen LogP contribution in [0.3, 0.4) is 0 Å². The minimum atomic E-state index is -3.08. The zero-order valence-corrected chi connectivity index (χ0v) is 14.2. The summed E-state index contributed by atoms with van der Waals surface area (Å²) in [6.07, 6.45) is 0.366. The fraction of sp³-hybridized carbons (Fsp3) is 0.533. The molecule has 0 aliphatic carbocycles. The smallest absolute Gasteiger partial charge is 0.224 e. The highest BCUT2D eigenvalue weighted by Gasteiger charge is 2.33. The predicted molar refractivity (Wildman–Crippen MR) is 84.7 cm³/mol. The molecule has 0 saturated carbocycles. The third-order valence-corrected chi connectivity index (χ3v) is 5.63. The molecular formula is C15H21NO6S. The van der Waals surface area contributed by atoms with Crippen molar-refractivity contribution in [2.24, 2.45) is 5.92 Å². The van der Waals surface area contributed by atoms with E-state index in [-0.39, 0.29) is 24.0 Å². The van der Waals surface area contributed by atoms with E-state index in [0.29, 0.717) is 29.2 Å². The van der Waals surface area contributed by atoms with Crippen LogP contribution in [0.1, 0.15) is 12.0 Å². The van der Waals surface area contributed by atoms with E-state index < -0.39 is 15.8 Å². The number of ether oxygens (including phenoxy) is 3. The third-order valence-electron chi connectivity index (χ3n) is 3.86. The van der Waals surface area contributed by atoms with Gasteiger partial charge in [0.05, 0.1) is 50.9 Å². The summed E-state index contributed by atoms with van der Waals surface area (Å²) in [5, 5.41) is 2.76. The van der Waals surface area contributed by atoms with Crippen LogP contribution in [0.4, 0.5) is 0 Å². The van der Waals surface area contributed by atoms with Crippen molar-refractivity contribution >= 4 is 15.7 Å². The molecule has 1 heterocycles. The van der Waals surface area contributed by atoms with Crippen molar-refractivity contribution < 1.29 is 27.4 Å². The van der Waals surface area contributed by atoms with Gasteiger partial charge in [0.2, 0.25) is 5.91 Å². The standard InChI is InChI=1S/C15H21NO6S/c1-20-11-6-13(21-2)12(14(7-11)22-3)8-16-15(17)10-4-5-23(18,19)9-10/h6-7,10H,4-5,8-9H2,1-3H3,(H,16,17). The maximum atomic E-state index is 12.1. The molecule has 1 aliphatic rings. The molecule has 128 valence electrons. The summed E-state index contributed by atoms with van der Waals surface area (Å²) in [4.78, 5) is 12.1.